The molecule has 188 valence electrons. The van der Waals surface area contributed by atoms with Gasteiger partial charge < -0.3 is 24.2 Å². The molecule has 2 heterocycles. The van der Waals surface area contributed by atoms with E-state index in [1.54, 1.807) is 0 Å². The summed E-state index contributed by atoms with van der Waals surface area (Å²) in [5, 5.41) is 21.4. The van der Waals surface area contributed by atoms with Gasteiger partial charge in [-0.15, -0.1) is 0 Å². The summed E-state index contributed by atoms with van der Waals surface area (Å²) in [6.07, 6.45) is 3.47. The van der Waals surface area contributed by atoms with Crippen LogP contribution in [0.4, 0.5) is 23.2 Å². The van der Waals surface area contributed by atoms with Crippen LogP contribution < -0.4 is 5.06 Å². The zero-order valence-corrected chi connectivity index (χ0v) is 18.5. The maximum Gasteiger partial charge on any atom is 0.302 e. The number of nitrogens with zero attached hydrogens (tertiary/aromatic N) is 2. The van der Waals surface area contributed by atoms with Crippen LogP contribution in [0.15, 0.2) is 59.4 Å². The molecule has 0 aliphatic carbocycles. The number of esters is 1. The average Bonchev–Trinajstić information content (AvgIpc) is 3.28. The summed E-state index contributed by atoms with van der Waals surface area (Å²) in [6.45, 7) is -0.684. The molecule has 4 rings (SSSR count). The highest BCUT2D eigenvalue weighted by Gasteiger charge is 2.38. The predicted octanol–water partition coefficient (Wildman–Crippen LogP) is 3.95. The van der Waals surface area contributed by atoms with E-state index >= 15 is 0 Å². The van der Waals surface area contributed by atoms with Crippen LogP contribution in [0.1, 0.15) is 18.6 Å². The lowest BCUT2D eigenvalue weighted by Gasteiger charge is -2.23. The van der Waals surface area contributed by atoms with Crippen LogP contribution >= 0.6 is 0 Å². The van der Waals surface area contributed by atoms with E-state index in [0.29, 0.717) is 6.07 Å². The lowest BCUT2D eigenvalue weighted by molar-refractivity contribution is -0.154. The Labute approximate surface area is 201 Å². The molecule has 0 spiro atoms. The van der Waals surface area contributed by atoms with Crippen molar-refractivity contribution in [3.05, 3.63) is 89.9 Å². The normalized spacial score (nSPS) is 14.8. The van der Waals surface area contributed by atoms with Gasteiger partial charge in [-0.2, -0.15) is 5.06 Å². The maximum absolute atomic E-state index is 14.7. The number of anilines is 1. The number of para-hydroxylation sites is 1. The molecule has 8 nitrogen and oxygen atoms in total. The number of carbonyl (C=O) groups excluding carboxylic acids is 1. The zero-order chi connectivity index (χ0) is 26.0. The first kappa shape index (κ1) is 24.9. The summed E-state index contributed by atoms with van der Waals surface area (Å²) in [6, 6.07) is 5.81. The molecule has 1 atom stereocenters. The van der Waals surface area contributed by atoms with Gasteiger partial charge in [-0.25, -0.2) is 22.5 Å². The molecule has 12 heteroatoms. The number of aromatic nitrogens is 1. The van der Waals surface area contributed by atoms with E-state index in [0.717, 1.165) is 54.8 Å². The third kappa shape index (κ3) is 4.81. The number of carbonyl (C=O) groups is 1. The Morgan fingerprint density at radius 2 is 1.86 bits per heavy atom. The van der Waals surface area contributed by atoms with Crippen molar-refractivity contribution >= 4 is 17.2 Å². The fourth-order valence-corrected chi connectivity index (χ4v) is 3.30. The summed E-state index contributed by atoms with van der Waals surface area (Å²) in [5.41, 5.74) is -3.34. The molecule has 36 heavy (non-hydrogen) atoms. The van der Waals surface area contributed by atoms with Crippen molar-refractivity contribution < 1.29 is 46.6 Å². The first-order chi connectivity index (χ1) is 17.1. The monoisotopic (exact) mass is 506 g/mol. The Morgan fingerprint density at radius 1 is 1.14 bits per heavy atom. The first-order valence-electron chi connectivity index (χ1n) is 10.3. The Bertz CT molecular complexity index is 1350. The third-order valence-corrected chi connectivity index (χ3v) is 5.09. The van der Waals surface area contributed by atoms with E-state index in [1.165, 1.54) is 6.08 Å². The van der Waals surface area contributed by atoms with Gasteiger partial charge in [-0.1, -0.05) is 6.07 Å². The molecule has 1 aliphatic heterocycles. The second kappa shape index (κ2) is 9.84. The van der Waals surface area contributed by atoms with Crippen molar-refractivity contribution in [2.24, 2.45) is 0 Å². The number of aliphatic hydroxyl groups is 2. The van der Waals surface area contributed by atoms with Crippen molar-refractivity contribution in [1.82, 2.24) is 4.98 Å². The Morgan fingerprint density at radius 3 is 2.50 bits per heavy atom. The Kier molecular flexibility index (Phi) is 6.82. The molecule has 0 saturated carbocycles. The van der Waals surface area contributed by atoms with Crippen LogP contribution in [0.25, 0.3) is 16.8 Å². The largest absolute Gasteiger partial charge is 0.462 e. The molecule has 0 bridgehead atoms. The lowest BCUT2D eigenvalue weighted by Crippen LogP contribution is -2.36. The summed E-state index contributed by atoms with van der Waals surface area (Å²) in [7, 11) is 0. The van der Waals surface area contributed by atoms with Gasteiger partial charge >= 0.3 is 5.97 Å². The summed E-state index contributed by atoms with van der Waals surface area (Å²) >= 11 is 0. The van der Waals surface area contributed by atoms with Crippen molar-refractivity contribution in [3.8, 4) is 11.3 Å². The van der Waals surface area contributed by atoms with Crippen LogP contribution in [0.2, 0.25) is 0 Å². The number of hydrogen-bond donors (Lipinski definition) is 2. The number of benzene rings is 2. The molecule has 0 fully saturated rings. The SMILES string of the molecule is CC(=O)OCC(O)(CO)c1nc(-c2ccc(F)cc2F)c(C2=CN(c3c(F)cccc3F)OC=C2)o1. The van der Waals surface area contributed by atoms with E-state index in [-0.39, 0.29) is 22.6 Å². The van der Waals surface area contributed by atoms with Crippen LogP contribution in [0.5, 0.6) is 0 Å². The fourth-order valence-electron chi connectivity index (χ4n) is 3.30. The minimum absolute atomic E-state index is 0.0501. The average molecular weight is 506 g/mol. The molecular weight excluding hydrogens is 488 g/mol. The van der Waals surface area contributed by atoms with Gasteiger partial charge in [-0.05, 0) is 30.3 Å². The molecule has 1 aliphatic rings. The van der Waals surface area contributed by atoms with Crippen LogP contribution in [-0.4, -0.2) is 34.4 Å². The van der Waals surface area contributed by atoms with Gasteiger partial charge in [0.2, 0.25) is 5.89 Å². The third-order valence-electron chi connectivity index (χ3n) is 5.09. The number of ether oxygens (including phenoxy) is 1. The van der Waals surface area contributed by atoms with E-state index in [1.807, 2.05) is 0 Å². The number of allylic oxidation sites excluding steroid dienone is 2. The van der Waals surface area contributed by atoms with Crippen molar-refractivity contribution in [1.29, 1.82) is 0 Å². The topological polar surface area (TPSA) is 105 Å². The minimum atomic E-state index is -2.33. The molecular formula is C24H18F4N2O6. The van der Waals surface area contributed by atoms with Gasteiger partial charge in [0.1, 0.15) is 30.2 Å². The standard InChI is InChI=1S/C24H18F4N2O6/c1-13(32)34-12-24(33,11-31)23-29-20(16-6-5-15(25)9-19(16)28)22(36-23)14-7-8-35-30(10-14)21-17(26)3-2-4-18(21)27/h2-10,31,33H,11-12H2,1H3. The highest BCUT2D eigenvalue weighted by atomic mass is 19.1. The molecule has 1 aromatic heterocycles. The summed E-state index contributed by atoms with van der Waals surface area (Å²) in [4.78, 5) is 20.5. The number of hydrogen-bond acceptors (Lipinski definition) is 8. The van der Waals surface area contributed by atoms with Gasteiger partial charge in [0.25, 0.3) is 0 Å². The number of hydroxylamine groups is 1. The smallest absolute Gasteiger partial charge is 0.302 e. The Hall–Kier alpha value is -4.16. The molecule has 2 aromatic carbocycles. The molecule has 3 aromatic rings. The first-order valence-corrected chi connectivity index (χ1v) is 10.3. The molecule has 1 unspecified atom stereocenters. The number of oxazole rings is 1. The molecule has 0 radical (unpaired) electrons. The summed E-state index contributed by atoms with van der Waals surface area (Å²) in [5.74, 6) is -5.35. The maximum atomic E-state index is 14.7. The number of halogens is 4. The van der Waals surface area contributed by atoms with Crippen molar-refractivity contribution in [2.75, 3.05) is 18.3 Å². The zero-order valence-electron chi connectivity index (χ0n) is 18.5. The second-order valence-electron chi connectivity index (χ2n) is 7.68. The molecule has 0 amide bonds. The quantitative estimate of drug-likeness (QED) is 0.367. The van der Waals surface area contributed by atoms with Gasteiger partial charge in [-0.3, -0.25) is 4.79 Å². The highest BCUT2D eigenvalue weighted by molar-refractivity contribution is 5.82. The van der Waals surface area contributed by atoms with Crippen molar-refractivity contribution in [3.63, 3.8) is 0 Å². The highest BCUT2D eigenvalue weighted by Crippen LogP contribution is 2.37. The second-order valence-corrected chi connectivity index (χ2v) is 7.68. The summed E-state index contributed by atoms with van der Waals surface area (Å²) < 4.78 is 67.3. The van der Waals surface area contributed by atoms with Gasteiger partial charge in [0.05, 0.1) is 12.8 Å². The van der Waals surface area contributed by atoms with Crippen LogP contribution in [0, 0.1) is 23.3 Å². The minimum Gasteiger partial charge on any atom is -0.462 e. The van der Waals surface area contributed by atoms with Crippen LogP contribution in [0.3, 0.4) is 0 Å². The van der Waals surface area contributed by atoms with E-state index in [2.05, 4.69) is 4.98 Å². The fraction of sp³-hybridized carbons (Fsp3) is 0.167. The van der Waals surface area contributed by atoms with Crippen LogP contribution in [-0.2, 0) is 20.0 Å². The van der Waals surface area contributed by atoms with Crippen molar-refractivity contribution in [2.45, 2.75) is 12.5 Å². The van der Waals surface area contributed by atoms with Gasteiger partial charge in [0.15, 0.2) is 28.7 Å². The predicted molar refractivity (Wildman–Crippen MR) is 117 cm³/mol. The van der Waals surface area contributed by atoms with Gasteiger partial charge in [0, 0.05) is 24.1 Å². The van der Waals surface area contributed by atoms with E-state index < -0.39 is 59.6 Å². The number of aliphatic hydroxyl groups excluding tert-OH is 1. The van der Waals surface area contributed by atoms with E-state index in [4.69, 9.17) is 14.0 Å². The number of rotatable bonds is 7. The van der Waals surface area contributed by atoms with E-state index in [9.17, 15) is 32.6 Å². The molecule has 0 saturated heterocycles. The molecule has 2 N–H and O–H groups in total. The lowest BCUT2D eigenvalue weighted by atomic mass is 10.1. The Balaban J connectivity index is 1.87.